The van der Waals surface area contributed by atoms with Gasteiger partial charge in [0.15, 0.2) is 0 Å². The topological polar surface area (TPSA) is 42.0 Å². The van der Waals surface area contributed by atoms with Gasteiger partial charge in [-0.2, -0.15) is 0 Å². The van der Waals surface area contributed by atoms with Gasteiger partial charge < -0.3 is 5.32 Å². The van der Waals surface area contributed by atoms with E-state index < -0.39 is 0 Å². The van der Waals surface area contributed by atoms with E-state index in [1.54, 1.807) is 12.4 Å². The summed E-state index contributed by atoms with van der Waals surface area (Å²) >= 11 is 0. The number of pyridine rings is 1. The highest BCUT2D eigenvalue weighted by Crippen LogP contribution is 2.54. The average molecular weight is 306 g/mol. The minimum absolute atomic E-state index is 0.00746. The lowest BCUT2D eigenvalue weighted by Gasteiger charge is -2.55. The first kappa shape index (κ1) is 14.4. The third kappa shape index (κ3) is 2.65. The van der Waals surface area contributed by atoms with Gasteiger partial charge in [-0.25, -0.2) is 0 Å². The summed E-state index contributed by atoms with van der Waals surface area (Å²) in [4.78, 5) is 16.6. The Hall–Kier alpha value is -2.16. The molecule has 1 heterocycles. The molecule has 2 saturated carbocycles. The summed E-state index contributed by atoms with van der Waals surface area (Å²) in [5, 5.41) is 3.30. The van der Waals surface area contributed by atoms with Crippen molar-refractivity contribution in [2.75, 3.05) is 0 Å². The van der Waals surface area contributed by atoms with E-state index in [1.807, 2.05) is 12.1 Å². The van der Waals surface area contributed by atoms with Crippen LogP contribution in [0.5, 0.6) is 0 Å². The molecule has 2 aromatic rings. The van der Waals surface area contributed by atoms with Gasteiger partial charge in [0, 0.05) is 24.4 Å². The van der Waals surface area contributed by atoms with Gasteiger partial charge in [-0.3, -0.25) is 9.78 Å². The largest absolute Gasteiger partial charge is 0.348 e. The number of fused-ring (bicyclic) bond motifs is 1. The van der Waals surface area contributed by atoms with E-state index in [1.165, 1.54) is 31.2 Å². The number of amides is 1. The van der Waals surface area contributed by atoms with Crippen LogP contribution in [0.25, 0.3) is 0 Å². The number of hydrogen-bond donors (Lipinski definition) is 1. The molecule has 0 unspecified atom stereocenters. The first-order chi connectivity index (χ1) is 11.3. The molecule has 2 fully saturated rings. The van der Waals surface area contributed by atoms with Crippen LogP contribution in [0, 0.1) is 11.8 Å². The van der Waals surface area contributed by atoms with E-state index in [2.05, 4.69) is 40.6 Å². The quantitative estimate of drug-likeness (QED) is 0.937. The molecule has 3 heteroatoms. The highest BCUT2D eigenvalue weighted by Gasteiger charge is 2.51. The van der Waals surface area contributed by atoms with Crippen molar-refractivity contribution in [2.24, 2.45) is 11.8 Å². The number of carbonyl (C=O) groups excluding carboxylic acids is 1. The van der Waals surface area contributed by atoms with Crippen LogP contribution in [0.1, 0.15) is 47.5 Å². The Kier molecular flexibility index (Phi) is 3.86. The van der Waals surface area contributed by atoms with Crippen LogP contribution in [-0.2, 0) is 0 Å². The summed E-state index contributed by atoms with van der Waals surface area (Å²) in [5.41, 5.74) is 2.02. The van der Waals surface area contributed by atoms with E-state index in [0.717, 1.165) is 5.92 Å². The van der Waals surface area contributed by atoms with Crippen LogP contribution in [0.4, 0.5) is 0 Å². The molecule has 23 heavy (non-hydrogen) atoms. The number of rotatable bonds is 3. The van der Waals surface area contributed by atoms with E-state index in [9.17, 15) is 4.79 Å². The van der Waals surface area contributed by atoms with E-state index in [0.29, 0.717) is 17.4 Å². The maximum absolute atomic E-state index is 12.5. The van der Waals surface area contributed by atoms with Crippen LogP contribution < -0.4 is 5.32 Å². The zero-order valence-electron chi connectivity index (χ0n) is 13.2. The van der Waals surface area contributed by atoms with Crippen molar-refractivity contribution in [3.05, 3.63) is 66.0 Å². The second-order valence-electron chi connectivity index (χ2n) is 6.79. The fraction of sp³-hybridized carbons (Fsp3) is 0.400. The average Bonchev–Trinajstić information content (AvgIpc) is 2.61. The monoisotopic (exact) mass is 306 g/mol. The van der Waals surface area contributed by atoms with Crippen LogP contribution in [-0.4, -0.2) is 16.9 Å². The molecule has 3 nitrogen and oxygen atoms in total. The smallest absolute Gasteiger partial charge is 0.253 e. The lowest BCUT2D eigenvalue weighted by Crippen LogP contribution is -2.59. The summed E-state index contributed by atoms with van der Waals surface area (Å²) in [6, 6.07) is 14.6. The number of hydrogen-bond acceptors (Lipinski definition) is 2. The minimum Gasteiger partial charge on any atom is -0.348 e. The number of nitrogens with zero attached hydrogens (tertiary/aromatic N) is 1. The molecule has 1 N–H and O–H groups in total. The maximum Gasteiger partial charge on any atom is 0.253 e. The van der Waals surface area contributed by atoms with Gasteiger partial charge in [0.1, 0.15) is 0 Å². The standard InChI is InChI=1S/C20H22N2O/c23-20(15-9-6-12-21-13-15)22-19-17-11-5-4-10-16(17)18(19)14-7-2-1-3-8-14/h1-3,6-9,12-13,16-19H,4-5,10-11H2,(H,22,23)/t16-,17-,18+,19+/m1/s1. The first-order valence-electron chi connectivity index (χ1n) is 8.60. The van der Waals surface area contributed by atoms with Crippen LogP contribution >= 0.6 is 0 Å². The van der Waals surface area contributed by atoms with Crippen LogP contribution in [0.2, 0.25) is 0 Å². The molecule has 2 aliphatic carbocycles. The summed E-state index contributed by atoms with van der Waals surface area (Å²) in [6.45, 7) is 0. The molecule has 0 radical (unpaired) electrons. The molecular weight excluding hydrogens is 284 g/mol. The van der Waals surface area contributed by atoms with Crippen molar-refractivity contribution >= 4 is 5.91 Å². The molecule has 2 aliphatic rings. The lowest BCUT2D eigenvalue weighted by atomic mass is 9.53. The fourth-order valence-electron chi connectivity index (χ4n) is 4.53. The van der Waals surface area contributed by atoms with Crippen LogP contribution in [0.15, 0.2) is 54.9 Å². The fourth-order valence-corrected chi connectivity index (χ4v) is 4.53. The van der Waals surface area contributed by atoms with Crippen molar-refractivity contribution in [3.8, 4) is 0 Å². The van der Waals surface area contributed by atoms with Gasteiger partial charge >= 0.3 is 0 Å². The summed E-state index contributed by atoms with van der Waals surface area (Å²) in [5.74, 6) is 1.83. The van der Waals surface area contributed by atoms with E-state index in [-0.39, 0.29) is 11.9 Å². The summed E-state index contributed by atoms with van der Waals surface area (Å²) in [7, 11) is 0. The first-order valence-corrected chi connectivity index (χ1v) is 8.60. The van der Waals surface area contributed by atoms with Crippen molar-refractivity contribution in [1.82, 2.24) is 10.3 Å². The Labute approximate surface area is 137 Å². The summed E-state index contributed by atoms with van der Waals surface area (Å²) in [6.07, 6.45) is 8.50. The molecule has 1 aromatic heterocycles. The molecule has 0 spiro atoms. The SMILES string of the molecule is O=C(N[C@H]1[C@@H]2CCCC[C@H]2[C@@H]1c1ccccc1)c1cccnc1. The highest BCUT2D eigenvalue weighted by atomic mass is 16.1. The molecule has 1 amide bonds. The number of benzene rings is 1. The molecule has 4 atom stereocenters. The molecule has 0 bridgehead atoms. The Morgan fingerprint density at radius 3 is 2.52 bits per heavy atom. The van der Waals surface area contributed by atoms with Gasteiger partial charge in [-0.05, 0) is 42.4 Å². The van der Waals surface area contributed by atoms with Crippen LogP contribution in [0.3, 0.4) is 0 Å². The third-order valence-electron chi connectivity index (χ3n) is 5.59. The Morgan fingerprint density at radius 1 is 1.00 bits per heavy atom. The van der Waals surface area contributed by atoms with Gasteiger partial charge in [0.05, 0.1) is 5.56 Å². The summed E-state index contributed by atoms with van der Waals surface area (Å²) < 4.78 is 0. The van der Waals surface area contributed by atoms with Crippen molar-refractivity contribution in [2.45, 2.75) is 37.6 Å². The van der Waals surface area contributed by atoms with Gasteiger partial charge in [0.2, 0.25) is 0 Å². The normalized spacial score (nSPS) is 29.2. The predicted molar refractivity (Wildman–Crippen MR) is 90.1 cm³/mol. The third-order valence-corrected chi connectivity index (χ3v) is 5.59. The second kappa shape index (κ2) is 6.15. The molecule has 4 rings (SSSR count). The number of carbonyl (C=O) groups is 1. The number of nitrogens with one attached hydrogen (secondary N) is 1. The van der Waals surface area contributed by atoms with Crippen molar-refractivity contribution in [1.29, 1.82) is 0 Å². The zero-order valence-corrected chi connectivity index (χ0v) is 13.2. The molecule has 118 valence electrons. The Morgan fingerprint density at radius 2 is 1.78 bits per heavy atom. The Bertz CT molecular complexity index is 671. The second-order valence-corrected chi connectivity index (χ2v) is 6.79. The number of aromatic nitrogens is 1. The predicted octanol–water partition coefficient (Wildman–Crippen LogP) is 3.78. The van der Waals surface area contributed by atoms with E-state index >= 15 is 0 Å². The van der Waals surface area contributed by atoms with Crippen molar-refractivity contribution < 1.29 is 4.79 Å². The van der Waals surface area contributed by atoms with Crippen molar-refractivity contribution in [3.63, 3.8) is 0 Å². The maximum atomic E-state index is 12.5. The van der Waals surface area contributed by atoms with Gasteiger partial charge in [-0.15, -0.1) is 0 Å². The molecule has 0 saturated heterocycles. The zero-order chi connectivity index (χ0) is 15.6. The molecule has 1 aromatic carbocycles. The van der Waals surface area contributed by atoms with Gasteiger partial charge in [-0.1, -0.05) is 43.2 Å². The highest BCUT2D eigenvalue weighted by molar-refractivity contribution is 5.94. The molecular formula is C20H22N2O. The Balaban J connectivity index is 1.56. The van der Waals surface area contributed by atoms with E-state index in [4.69, 9.17) is 0 Å². The van der Waals surface area contributed by atoms with Gasteiger partial charge in [0.25, 0.3) is 5.91 Å². The lowest BCUT2D eigenvalue weighted by molar-refractivity contribution is 0.0252. The molecule has 0 aliphatic heterocycles. The minimum atomic E-state index is 0.00746.